The van der Waals surface area contributed by atoms with Gasteiger partial charge in [-0.1, -0.05) is 19.1 Å². The molecule has 0 aliphatic heterocycles. The Balaban J connectivity index is 1.68. The fourth-order valence-electron chi connectivity index (χ4n) is 3.17. The van der Waals surface area contributed by atoms with E-state index >= 15 is 0 Å². The second kappa shape index (κ2) is 7.38. The molecule has 4 rings (SSSR count). The molecule has 0 bridgehead atoms. The number of anilines is 1. The molecule has 1 N–H and O–H groups in total. The largest absolute Gasteiger partial charge is 0.417 e. The second-order valence-electron chi connectivity index (χ2n) is 6.79. The third kappa shape index (κ3) is 3.85. The number of benzene rings is 1. The first kappa shape index (κ1) is 20.8. The van der Waals surface area contributed by atoms with Gasteiger partial charge in [0.05, 0.1) is 35.4 Å². The first-order chi connectivity index (χ1) is 14.6. The minimum absolute atomic E-state index is 0.0532. The van der Waals surface area contributed by atoms with Crippen LogP contribution in [0.2, 0.25) is 0 Å². The van der Waals surface area contributed by atoms with Gasteiger partial charge in [0.25, 0.3) is 10.0 Å². The Morgan fingerprint density at radius 1 is 1.06 bits per heavy atom. The third-order valence-corrected chi connectivity index (χ3v) is 6.09. The van der Waals surface area contributed by atoms with Crippen molar-refractivity contribution in [2.24, 2.45) is 7.05 Å². The zero-order valence-electron chi connectivity index (χ0n) is 16.4. The van der Waals surface area contributed by atoms with Gasteiger partial charge in [-0.25, -0.2) is 18.1 Å². The molecule has 0 unspecified atom stereocenters. The SMILES string of the molecule is CCc1ccc2cnn(C)c2c1NS(=O)(=O)c1cnn(-c2ccc(C(F)(F)F)cn2)c1. The summed E-state index contributed by atoms with van der Waals surface area (Å²) in [5, 5.41) is 8.89. The van der Waals surface area contributed by atoms with Gasteiger partial charge in [-0.2, -0.15) is 23.4 Å². The van der Waals surface area contributed by atoms with Gasteiger partial charge in [-0.3, -0.25) is 9.40 Å². The van der Waals surface area contributed by atoms with Crippen molar-refractivity contribution in [3.63, 3.8) is 0 Å². The van der Waals surface area contributed by atoms with Crippen molar-refractivity contribution in [1.82, 2.24) is 24.5 Å². The summed E-state index contributed by atoms with van der Waals surface area (Å²) in [5.41, 5.74) is 0.936. The minimum atomic E-state index is -4.52. The molecule has 4 aromatic rings. The number of aryl methyl sites for hydroxylation is 2. The highest BCUT2D eigenvalue weighted by Gasteiger charge is 2.30. The van der Waals surface area contributed by atoms with E-state index in [9.17, 15) is 21.6 Å². The smallest absolute Gasteiger partial charge is 0.277 e. The van der Waals surface area contributed by atoms with Gasteiger partial charge in [0, 0.05) is 18.6 Å². The van der Waals surface area contributed by atoms with Crippen molar-refractivity contribution < 1.29 is 21.6 Å². The predicted octanol–water partition coefficient (Wildman–Crippen LogP) is 3.54. The van der Waals surface area contributed by atoms with Crippen LogP contribution in [-0.2, 0) is 29.7 Å². The monoisotopic (exact) mass is 450 g/mol. The second-order valence-corrected chi connectivity index (χ2v) is 8.47. The zero-order valence-corrected chi connectivity index (χ0v) is 17.2. The number of halogens is 3. The number of rotatable bonds is 5. The van der Waals surface area contributed by atoms with Crippen LogP contribution in [0.25, 0.3) is 16.7 Å². The summed E-state index contributed by atoms with van der Waals surface area (Å²) in [4.78, 5) is 3.56. The van der Waals surface area contributed by atoms with E-state index in [0.29, 0.717) is 23.8 Å². The molecule has 8 nitrogen and oxygen atoms in total. The van der Waals surface area contributed by atoms with Crippen LogP contribution < -0.4 is 4.72 Å². The average Bonchev–Trinajstić information content (AvgIpc) is 3.36. The Morgan fingerprint density at radius 2 is 1.84 bits per heavy atom. The fraction of sp³-hybridized carbons (Fsp3) is 0.211. The van der Waals surface area contributed by atoms with Crippen LogP contribution in [0.5, 0.6) is 0 Å². The minimum Gasteiger partial charge on any atom is -0.277 e. The summed E-state index contributed by atoms with van der Waals surface area (Å²) in [6.07, 6.45) is 0.677. The summed E-state index contributed by atoms with van der Waals surface area (Å²) in [5.74, 6) is 0.0532. The van der Waals surface area contributed by atoms with Crippen molar-refractivity contribution in [3.8, 4) is 5.82 Å². The Hall–Kier alpha value is -3.41. The first-order valence-electron chi connectivity index (χ1n) is 9.15. The Bertz CT molecular complexity index is 1360. The molecule has 0 amide bonds. The predicted molar refractivity (Wildman–Crippen MR) is 107 cm³/mol. The Labute approximate surface area is 175 Å². The number of alkyl halides is 3. The van der Waals surface area contributed by atoms with Gasteiger partial charge in [-0.15, -0.1) is 0 Å². The third-order valence-electron chi connectivity index (χ3n) is 4.79. The molecule has 3 aromatic heterocycles. The van der Waals surface area contributed by atoms with E-state index in [1.54, 1.807) is 17.9 Å². The number of hydrogen-bond acceptors (Lipinski definition) is 5. The van der Waals surface area contributed by atoms with Crippen molar-refractivity contribution in [2.45, 2.75) is 24.4 Å². The molecule has 0 aliphatic rings. The summed E-state index contributed by atoms with van der Waals surface area (Å²) in [6, 6.07) is 5.67. The van der Waals surface area contributed by atoms with Crippen molar-refractivity contribution in [2.75, 3.05) is 4.72 Å². The molecular formula is C19H17F3N6O2S. The van der Waals surface area contributed by atoms with Crippen molar-refractivity contribution in [3.05, 3.63) is 60.2 Å². The number of aromatic nitrogens is 5. The fourth-order valence-corrected chi connectivity index (χ4v) is 4.21. The van der Waals surface area contributed by atoms with Crippen LogP contribution >= 0.6 is 0 Å². The molecule has 0 atom stereocenters. The van der Waals surface area contributed by atoms with Crippen LogP contribution in [0.3, 0.4) is 0 Å². The molecular weight excluding hydrogens is 433 g/mol. The zero-order chi connectivity index (χ0) is 22.4. The van der Waals surface area contributed by atoms with Crippen LogP contribution in [0.4, 0.5) is 18.9 Å². The lowest BCUT2D eigenvalue weighted by molar-refractivity contribution is -0.137. The van der Waals surface area contributed by atoms with Gasteiger partial charge in [0.1, 0.15) is 4.90 Å². The number of nitrogens with one attached hydrogen (secondary N) is 1. The van der Waals surface area contributed by atoms with Crippen molar-refractivity contribution >= 4 is 26.6 Å². The van der Waals surface area contributed by atoms with E-state index in [1.165, 1.54) is 6.20 Å². The molecule has 3 heterocycles. The summed E-state index contributed by atoms with van der Waals surface area (Å²) >= 11 is 0. The van der Waals surface area contributed by atoms with E-state index in [0.717, 1.165) is 34.0 Å². The van der Waals surface area contributed by atoms with E-state index in [2.05, 4.69) is 19.9 Å². The normalized spacial score (nSPS) is 12.4. The maximum Gasteiger partial charge on any atom is 0.417 e. The molecule has 0 saturated carbocycles. The van der Waals surface area contributed by atoms with Crippen LogP contribution in [0.15, 0.2) is 53.9 Å². The molecule has 0 saturated heterocycles. The van der Waals surface area contributed by atoms with Crippen LogP contribution in [0.1, 0.15) is 18.1 Å². The Kier molecular flexibility index (Phi) is 4.96. The highest BCUT2D eigenvalue weighted by molar-refractivity contribution is 7.92. The number of fused-ring (bicyclic) bond motifs is 1. The number of pyridine rings is 1. The van der Waals surface area contributed by atoms with Gasteiger partial charge >= 0.3 is 6.18 Å². The van der Waals surface area contributed by atoms with E-state index in [-0.39, 0.29) is 10.7 Å². The van der Waals surface area contributed by atoms with Crippen molar-refractivity contribution in [1.29, 1.82) is 0 Å². The molecule has 0 radical (unpaired) electrons. The number of sulfonamides is 1. The number of hydrogen-bond donors (Lipinski definition) is 1. The molecule has 1 aromatic carbocycles. The highest BCUT2D eigenvalue weighted by Crippen LogP contribution is 2.31. The Morgan fingerprint density at radius 3 is 2.48 bits per heavy atom. The van der Waals surface area contributed by atoms with Gasteiger partial charge in [0.15, 0.2) is 5.82 Å². The van der Waals surface area contributed by atoms with Crippen LogP contribution in [0, 0.1) is 0 Å². The maximum atomic E-state index is 13.0. The topological polar surface area (TPSA) is 94.7 Å². The molecule has 12 heteroatoms. The maximum absolute atomic E-state index is 13.0. The first-order valence-corrected chi connectivity index (χ1v) is 10.6. The quantitative estimate of drug-likeness (QED) is 0.502. The van der Waals surface area contributed by atoms with E-state index < -0.39 is 21.8 Å². The van der Waals surface area contributed by atoms with Gasteiger partial charge < -0.3 is 0 Å². The average molecular weight is 450 g/mol. The van der Waals surface area contributed by atoms with Crippen LogP contribution in [-0.4, -0.2) is 33.0 Å². The van der Waals surface area contributed by atoms with E-state index in [4.69, 9.17) is 0 Å². The summed E-state index contributed by atoms with van der Waals surface area (Å²) in [6.45, 7) is 1.91. The highest BCUT2D eigenvalue weighted by atomic mass is 32.2. The molecule has 31 heavy (non-hydrogen) atoms. The standard InChI is InChI=1S/C19H17F3N6O2S/c1-3-12-4-5-13-8-24-27(2)18(13)17(12)26-31(29,30)15-10-25-28(11-15)16-7-6-14(9-23-16)19(20,21)22/h4-11,26H,3H2,1-2H3. The number of nitrogens with zero attached hydrogens (tertiary/aromatic N) is 5. The molecule has 0 aliphatic carbocycles. The lowest BCUT2D eigenvalue weighted by atomic mass is 10.1. The lowest BCUT2D eigenvalue weighted by Crippen LogP contribution is -2.15. The summed E-state index contributed by atoms with van der Waals surface area (Å²) in [7, 11) is -2.32. The molecule has 0 fully saturated rings. The van der Waals surface area contributed by atoms with Gasteiger partial charge in [0.2, 0.25) is 0 Å². The van der Waals surface area contributed by atoms with Gasteiger partial charge in [-0.05, 0) is 24.1 Å². The molecule has 162 valence electrons. The van der Waals surface area contributed by atoms with E-state index in [1.807, 2.05) is 19.1 Å². The molecule has 0 spiro atoms. The lowest BCUT2D eigenvalue weighted by Gasteiger charge is -2.13. The summed E-state index contributed by atoms with van der Waals surface area (Å²) < 4.78 is 69.4.